The summed E-state index contributed by atoms with van der Waals surface area (Å²) in [6.07, 6.45) is 1.56. The van der Waals surface area contributed by atoms with E-state index < -0.39 is 5.56 Å². The zero-order valence-electron chi connectivity index (χ0n) is 10.5. The second kappa shape index (κ2) is 6.03. The summed E-state index contributed by atoms with van der Waals surface area (Å²) in [6.45, 7) is 4.28. The SMILES string of the molecule is C/C(Cn1ncc(N2CCOCC2)c(Cl)c1=O)=N/O. The van der Waals surface area contributed by atoms with Gasteiger partial charge in [-0.05, 0) is 6.92 Å². The number of rotatable bonds is 3. The summed E-state index contributed by atoms with van der Waals surface area (Å²) in [5, 5.41) is 15.8. The molecule has 0 saturated carbocycles. The van der Waals surface area contributed by atoms with Crippen molar-refractivity contribution in [2.75, 3.05) is 31.2 Å². The Morgan fingerprint density at radius 3 is 2.89 bits per heavy atom. The molecular formula is C11H15ClN4O3. The van der Waals surface area contributed by atoms with Gasteiger partial charge in [0.05, 0.1) is 37.4 Å². The largest absolute Gasteiger partial charge is 0.411 e. The van der Waals surface area contributed by atoms with Gasteiger partial charge in [0.2, 0.25) is 0 Å². The predicted molar refractivity (Wildman–Crippen MR) is 71.4 cm³/mol. The van der Waals surface area contributed by atoms with Crippen LogP contribution in [0.4, 0.5) is 5.69 Å². The molecule has 0 bridgehead atoms. The fourth-order valence-corrected chi connectivity index (χ4v) is 2.11. The Morgan fingerprint density at radius 2 is 2.26 bits per heavy atom. The van der Waals surface area contributed by atoms with Gasteiger partial charge in [-0.2, -0.15) is 5.10 Å². The Morgan fingerprint density at radius 1 is 1.58 bits per heavy atom. The minimum atomic E-state index is -0.395. The van der Waals surface area contributed by atoms with Crippen LogP contribution in [0.25, 0.3) is 0 Å². The molecule has 104 valence electrons. The average molecular weight is 287 g/mol. The van der Waals surface area contributed by atoms with E-state index in [0.717, 1.165) is 0 Å². The molecule has 1 N–H and O–H groups in total. The number of nitrogens with zero attached hydrogens (tertiary/aromatic N) is 4. The third kappa shape index (κ3) is 3.05. The van der Waals surface area contributed by atoms with Crippen LogP contribution in [0.5, 0.6) is 0 Å². The number of oxime groups is 1. The molecule has 0 atom stereocenters. The Hall–Kier alpha value is -1.60. The minimum absolute atomic E-state index is 0.110. The summed E-state index contributed by atoms with van der Waals surface area (Å²) >= 11 is 6.10. The summed E-state index contributed by atoms with van der Waals surface area (Å²) in [4.78, 5) is 14.0. The van der Waals surface area contributed by atoms with E-state index >= 15 is 0 Å². The molecule has 0 unspecified atom stereocenters. The van der Waals surface area contributed by atoms with Crippen molar-refractivity contribution in [2.45, 2.75) is 13.5 Å². The molecule has 0 spiro atoms. The van der Waals surface area contributed by atoms with Crippen LogP contribution in [0, 0.1) is 0 Å². The Kier molecular flexibility index (Phi) is 4.39. The first-order valence-electron chi connectivity index (χ1n) is 5.89. The van der Waals surface area contributed by atoms with Crippen LogP contribution in [-0.4, -0.2) is 47.0 Å². The first-order chi connectivity index (χ1) is 9.13. The monoisotopic (exact) mass is 286 g/mol. The van der Waals surface area contributed by atoms with Gasteiger partial charge in [-0.3, -0.25) is 4.79 Å². The van der Waals surface area contributed by atoms with Gasteiger partial charge in [-0.25, -0.2) is 4.68 Å². The molecule has 1 aliphatic heterocycles. The molecule has 0 radical (unpaired) electrons. The van der Waals surface area contributed by atoms with Gasteiger partial charge in [0.25, 0.3) is 5.56 Å². The average Bonchev–Trinajstić information content (AvgIpc) is 2.45. The summed E-state index contributed by atoms with van der Waals surface area (Å²) < 4.78 is 6.42. The predicted octanol–water partition coefficient (Wildman–Crippen LogP) is 0.583. The van der Waals surface area contributed by atoms with Gasteiger partial charge in [0.15, 0.2) is 0 Å². The molecule has 1 aliphatic rings. The molecule has 1 aromatic heterocycles. The van der Waals surface area contributed by atoms with Gasteiger partial charge in [-0.15, -0.1) is 0 Å². The fourth-order valence-electron chi connectivity index (χ4n) is 1.84. The van der Waals surface area contributed by atoms with Gasteiger partial charge < -0.3 is 14.8 Å². The third-order valence-corrected chi connectivity index (χ3v) is 3.22. The standard InChI is InChI=1S/C11H15ClN4O3/c1-8(14-18)7-16-11(17)10(12)9(6-13-16)15-2-4-19-5-3-15/h6,18H,2-5,7H2,1H3/b14-8-. The zero-order valence-corrected chi connectivity index (χ0v) is 11.3. The quantitative estimate of drug-likeness (QED) is 0.499. The lowest BCUT2D eigenvalue weighted by molar-refractivity contribution is 0.122. The van der Waals surface area contributed by atoms with Crippen LogP contribution in [0.3, 0.4) is 0 Å². The van der Waals surface area contributed by atoms with Crippen LogP contribution < -0.4 is 10.5 Å². The van der Waals surface area contributed by atoms with Crippen molar-refractivity contribution in [1.82, 2.24) is 9.78 Å². The molecule has 19 heavy (non-hydrogen) atoms. The highest BCUT2D eigenvalue weighted by atomic mass is 35.5. The number of aromatic nitrogens is 2. The number of ether oxygens (including phenoxy) is 1. The lowest BCUT2D eigenvalue weighted by atomic mass is 10.3. The maximum Gasteiger partial charge on any atom is 0.288 e. The molecule has 2 heterocycles. The molecule has 1 aromatic rings. The first-order valence-corrected chi connectivity index (χ1v) is 6.27. The Balaban J connectivity index is 2.29. The maximum atomic E-state index is 12.1. The normalized spacial score (nSPS) is 16.7. The first kappa shape index (κ1) is 13.8. The highest BCUT2D eigenvalue weighted by Gasteiger charge is 2.18. The molecular weight excluding hydrogens is 272 g/mol. The maximum absolute atomic E-state index is 12.1. The second-order valence-corrected chi connectivity index (χ2v) is 4.62. The van der Waals surface area contributed by atoms with E-state index in [0.29, 0.717) is 37.7 Å². The lowest BCUT2D eigenvalue weighted by Crippen LogP contribution is -2.38. The van der Waals surface area contributed by atoms with Gasteiger partial charge >= 0.3 is 0 Å². The molecule has 0 aliphatic carbocycles. The molecule has 0 amide bonds. The van der Waals surface area contributed by atoms with Crippen molar-refractivity contribution >= 4 is 23.0 Å². The molecule has 7 nitrogen and oxygen atoms in total. The van der Waals surface area contributed by atoms with Crippen LogP contribution in [0.15, 0.2) is 16.1 Å². The van der Waals surface area contributed by atoms with E-state index in [1.165, 1.54) is 4.68 Å². The third-order valence-electron chi connectivity index (χ3n) is 2.87. The van der Waals surface area contributed by atoms with Gasteiger partial charge in [0.1, 0.15) is 5.02 Å². The number of hydrogen-bond donors (Lipinski definition) is 1. The highest BCUT2D eigenvalue weighted by molar-refractivity contribution is 6.33. The van der Waals surface area contributed by atoms with Crippen LogP contribution in [-0.2, 0) is 11.3 Å². The van der Waals surface area contributed by atoms with Crippen molar-refractivity contribution in [3.05, 3.63) is 21.6 Å². The van der Waals surface area contributed by atoms with Crippen molar-refractivity contribution in [1.29, 1.82) is 0 Å². The molecule has 2 rings (SSSR count). The Bertz CT molecular complexity index is 537. The van der Waals surface area contributed by atoms with Crippen molar-refractivity contribution in [3.63, 3.8) is 0 Å². The summed E-state index contributed by atoms with van der Waals surface area (Å²) in [5.74, 6) is 0. The van der Waals surface area contributed by atoms with Crippen molar-refractivity contribution < 1.29 is 9.94 Å². The smallest absolute Gasteiger partial charge is 0.288 e. The van der Waals surface area contributed by atoms with E-state index in [9.17, 15) is 4.79 Å². The van der Waals surface area contributed by atoms with E-state index in [-0.39, 0.29) is 11.6 Å². The van der Waals surface area contributed by atoms with E-state index in [1.54, 1.807) is 13.1 Å². The number of anilines is 1. The highest BCUT2D eigenvalue weighted by Crippen LogP contribution is 2.21. The van der Waals surface area contributed by atoms with Crippen LogP contribution in [0.1, 0.15) is 6.92 Å². The molecule has 8 heteroatoms. The fraction of sp³-hybridized carbons (Fsp3) is 0.545. The molecule has 1 saturated heterocycles. The van der Waals surface area contributed by atoms with E-state index in [2.05, 4.69) is 10.3 Å². The minimum Gasteiger partial charge on any atom is -0.411 e. The van der Waals surface area contributed by atoms with E-state index in [4.69, 9.17) is 21.5 Å². The van der Waals surface area contributed by atoms with Crippen LogP contribution >= 0.6 is 11.6 Å². The summed E-state index contributed by atoms with van der Waals surface area (Å²) in [7, 11) is 0. The second-order valence-electron chi connectivity index (χ2n) is 4.24. The van der Waals surface area contributed by atoms with Gasteiger partial charge in [0, 0.05) is 13.1 Å². The van der Waals surface area contributed by atoms with Crippen LogP contribution in [0.2, 0.25) is 5.02 Å². The molecule has 0 aromatic carbocycles. The number of morpholine rings is 1. The van der Waals surface area contributed by atoms with E-state index in [1.807, 2.05) is 4.90 Å². The Labute approximate surface area is 115 Å². The van der Waals surface area contributed by atoms with Crippen molar-refractivity contribution in [3.8, 4) is 0 Å². The van der Waals surface area contributed by atoms with Crippen molar-refractivity contribution in [2.24, 2.45) is 5.16 Å². The molecule has 1 fully saturated rings. The lowest BCUT2D eigenvalue weighted by Gasteiger charge is -2.29. The number of halogens is 1. The topological polar surface area (TPSA) is 80.0 Å². The van der Waals surface area contributed by atoms with Gasteiger partial charge in [-0.1, -0.05) is 16.8 Å². The zero-order chi connectivity index (χ0) is 13.8. The summed E-state index contributed by atoms with van der Waals surface area (Å²) in [6, 6.07) is 0. The summed E-state index contributed by atoms with van der Waals surface area (Å²) in [5.41, 5.74) is 0.600. The number of hydrogen-bond acceptors (Lipinski definition) is 6.